The molecule has 0 aliphatic heterocycles. The standard InChI is InChI=1S/C14H15N3OS/c1-11-4-2-6-13(16-11)17-14(18)10-19-9-12-5-3-7-15-8-12/h2-8H,9-10H2,1H3,(H,16,17,18). The van der Waals surface area contributed by atoms with Gasteiger partial charge in [0.25, 0.3) is 0 Å². The minimum absolute atomic E-state index is 0.0352. The van der Waals surface area contributed by atoms with Gasteiger partial charge < -0.3 is 5.32 Å². The van der Waals surface area contributed by atoms with Gasteiger partial charge in [-0.1, -0.05) is 12.1 Å². The predicted octanol–water partition coefficient (Wildman–Crippen LogP) is 2.66. The zero-order chi connectivity index (χ0) is 13.5. The van der Waals surface area contributed by atoms with Gasteiger partial charge >= 0.3 is 0 Å². The van der Waals surface area contributed by atoms with Gasteiger partial charge in [0.05, 0.1) is 5.75 Å². The topological polar surface area (TPSA) is 54.9 Å². The van der Waals surface area contributed by atoms with E-state index in [4.69, 9.17) is 0 Å². The number of nitrogens with one attached hydrogen (secondary N) is 1. The van der Waals surface area contributed by atoms with Crippen molar-refractivity contribution in [3.8, 4) is 0 Å². The number of aryl methyl sites for hydroxylation is 1. The third-order valence-electron chi connectivity index (χ3n) is 2.38. The van der Waals surface area contributed by atoms with Gasteiger partial charge in [-0.05, 0) is 30.7 Å². The van der Waals surface area contributed by atoms with Gasteiger partial charge in [0.15, 0.2) is 0 Å². The van der Waals surface area contributed by atoms with E-state index < -0.39 is 0 Å². The van der Waals surface area contributed by atoms with Crippen LogP contribution in [-0.2, 0) is 10.5 Å². The van der Waals surface area contributed by atoms with Crippen molar-refractivity contribution in [3.05, 3.63) is 54.0 Å². The number of nitrogens with zero attached hydrogens (tertiary/aromatic N) is 2. The molecule has 2 aromatic heterocycles. The first-order valence-electron chi connectivity index (χ1n) is 5.94. The molecule has 2 heterocycles. The van der Waals surface area contributed by atoms with Crippen LogP contribution in [0, 0.1) is 6.92 Å². The van der Waals surface area contributed by atoms with Crippen LogP contribution in [0.2, 0.25) is 0 Å². The highest BCUT2D eigenvalue weighted by atomic mass is 32.2. The van der Waals surface area contributed by atoms with Gasteiger partial charge in [-0.15, -0.1) is 11.8 Å². The molecule has 0 aromatic carbocycles. The summed E-state index contributed by atoms with van der Waals surface area (Å²) >= 11 is 1.56. The fourth-order valence-corrected chi connectivity index (χ4v) is 2.30. The van der Waals surface area contributed by atoms with Crippen molar-refractivity contribution >= 4 is 23.5 Å². The molecule has 4 nitrogen and oxygen atoms in total. The molecule has 2 rings (SSSR count). The highest BCUT2D eigenvalue weighted by Gasteiger charge is 2.03. The van der Waals surface area contributed by atoms with E-state index in [0.717, 1.165) is 17.0 Å². The summed E-state index contributed by atoms with van der Waals surface area (Å²) in [6, 6.07) is 9.46. The molecule has 98 valence electrons. The van der Waals surface area contributed by atoms with E-state index in [1.54, 1.807) is 24.0 Å². The summed E-state index contributed by atoms with van der Waals surface area (Å²) in [5.74, 6) is 1.76. The molecule has 0 radical (unpaired) electrons. The molecular weight excluding hydrogens is 258 g/mol. The minimum atomic E-state index is -0.0352. The molecule has 1 N–H and O–H groups in total. The summed E-state index contributed by atoms with van der Waals surface area (Å²) in [4.78, 5) is 20.0. The number of hydrogen-bond acceptors (Lipinski definition) is 4. The van der Waals surface area contributed by atoms with Crippen LogP contribution >= 0.6 is 11.8 Å². The number of amides is 1. The number of hydrogen-bond donors (Lipinski definition) is 1. The molecule has 19 heavy (non-hydrogen) atoms. The largest absolute Gasteiger partial charge is 0.310 e. The molecule has 0 aliphatic rings. The molecule has 0 bridgehead atoms. The lowest BCUT2D eigenvalue weighted by Gasteiger charge is -2.05. The van der Waals surface area contributed by atoms with Gasteiger partial charge in [-0.2, -0.15) is 0 Å². The van der Waals surface area contributed by atoms with E-state index in [-0.39, 0.29) is 5.91 Å². The fourth-order valence-electron chi connectivity index (χ4n) is 1.54. The molecule has 0 aliphatic carbocycles. The maximum Gasteiger partial charge on any atom is 0.235 e. The molecule has 0 fully saturated rings. The van der Waals surface area contributed by atoms with E-state index >= 15 is 0 Å². The average Bonchev–Trinajstić information content (AvgIpc) is 2.40. The Hall–Kier alpha value is -1.88. The summed E-state index contributed by atoms with van der Waals surface area (Å²) in [6.45, 7) is 1.90. The van der Waals surface area contributed by atoms with Crippen molar-refractivity contribution in [1.82, 2.24) is 9.97 Å². The lowest BCUT2D eigenvalue weighted by atomic mass is 10.3. The first-order chi connectivity index (χ1) is 9.24. The van der Waals surface area contributed by atoms with Crippen molar-refractivity contribution < 1.29 is 4.79 Å². The molecule has 5 heteroatoms. The van der Waals surface area contributed by atoms with Crippen LogP contribution < -0.4 is 5.32 Å². The first-order valence-corrected chi connectivity index (χ1v) is 7.09. The molecule has 0 atom stereocenters. The van der Waals surface area contributed by atoms with Crippen molar-refractivity contribution in [1.29, 1.82) is 0 Å². The molecule has 0 saturated heterocycles. The summed E-state index contributed by atoms with van der Waals surface area (Å²) in [5, 5.41) is 2.78. The monoisotopic (exact) mass is 273 g/mol. The highest BCUT2D eigenvalue weighted by Crippen LogP contribution is 2.11. The van der Waals surface area contributed by atoms with Crippen molar-refractivity contribution in [2.75, 3.05) is 11.1 Å². The van der Waals surface area contributed by atoms with E-state index in [9.17, 15) is 4.79 Å². The van der Waals surface area contributed by atoms with E-state index in [2.05, 4.69) is 15.3 Å². The highest BCUT2D eigenvalue weighted by molar-refractivity contribution is 7.99. The molecule has 1 amide bonds. The van der Waals surface area contributed by atoms with Gasteiger partial charge in [0, 0.05) is 23.8 Å². The van der Waals surface area contributed by atoms with E-state index in [1.165, 1.54) is 0 Å². The number of pyridine rings is 2. The van der Waals surface area contributed by atoms with Crippen LogP contribution in [0.15, 0.2) is 42.7 Å². The van der Waals surface area contributed by atoms with Crippen LogP contribution in [0.4, 0.5) is 5.82 Å². The fraction of sp³-hybridized carbons (Fsp3) is 0.214. The number of carbonyl (C=O) groups excluding carboxylic acids is 1. The number of thioether (sulfide) groups is 1. The molecule has 2 aromatic rings. The summed E-state index contributed by atoms with van der Waals surface area (Å²) in [6.07, 6.45) is 3.55. The number of rotatable bonds is 5. The van der Waals surface area contributed by atoms with E-state index in [1.807, 2.05) is 37.4 Å². The van der Waals surface area contributed by atoms with Crippen LogP contribution in [-0.4, -0.2) is 21.6 Å². The second kappa shape index (κ2) is 6.89. The maximum atomic E-state index is 11.7. The second-order valence-electron chi connectivity index (χ2n) is 4.07. The van der Waals surface area contributed by atoms with Gasteiger partial charge in [0.2, 0.25) is 5.91 Å². The van der Waals surface area contributed by atoms with Crippen LogP contribution in [0.1, 0.15) is 11.3 Å². The molecule has 0 saturated carbocycles. The lowest BCUT2D eigenvalue weighted by molar-refractivity contribution is -0.113. The quantitative estimate of drug-likeness (QED) is 0.910. The Morgan fingerprint density at radius 3 is 2.95 bits per heavy atom. The summed E-state index contributed by atoms with van der Waals surface area (Å²) in [5.41, 5.74) is 2.01. The van der Waals surface area contributed by atoms with Crippen molar-refractivity contribution in [2.45, 2.75) is 12.7 Å². The Kier molecular flexibility index (Phi) is 4.92. The predicted molar refractivity (Wildman–Crippen MR) is 78.0 cm³/mol. The SMILES string of the molecule is Cc1cccc(NC(=O)CSCc2cccnc2)n1. The van der Waals surface area contributed by atoms with Crippen molar-refractivity contribution in [3.63, 3.8) is 0 Å². The Labute approximate surface area is 116 Å². The number of anilines is 1. The average molecular weight is 273 g/mol. The Balaban J connectivity index is 1.76. The molecule has 0 spiro atoms. The Bertz CT molecular complexity index is 545. The minimum Gasteiger partial charge on any atom is -0.310 e. The third kappa shape index (κ3) is 4.71. The lowest BCUT2D eigenvalue weighted by Crippen LogP contribution is -2.15. The first kappa shape index (κ1) is 13.5. The van der Waals surface area contributed by atoms with Gasteiger partial charge in [0.1, 0.15) is 5.82 Å². The molecular formula is C14H15N3OS. The second-order valence-corrected chi connectivity index (χ2v) is 5.05. The van der Waals surface area contributed by atoms with Crippen LogP contribution in [0.3, 0.4) is 0 Å². The van der Waals surface area contributed by atoms with Gasteiger partial charge in [-0.3, -0.25) is 9.78 Å². The van der Waals surface area contributed by atoms with Crippen molar-refractivity contribution in [2.24, 2.45) is 0 Å². The Morgan fingerprint density at radius 1 is 1.32 bits per heavy atom. The van der Waals surface area contributed by atoms with Crippen LogP contribution in [0.25, 0.3) is 0 Å². The number of aromatic nitrogens is 2. The summed E-state index contributed by atoms with van der Waals surface area (Å²) in [7, 11) is 0. The smallest absolute Gasteiger partial charge is 0.235 e. The number of carbonyl (C=O) groups is 1. The zero-order valence-corrected chi connectivity index (χ0v) is 11.5. The molecule has 0 unspecified atom stereocenters. The Morgan fingerprint density at radius 2 is 2.21 bits per heavy atom. The van der Waals surface area contributed by atoms with Crippen LogP contribution in [0.5, 0.6) is 0 Å². The normalized spacial score (nSPS) is 10.2. The van der Waals surface area contributed by atoms with E-state index in [0.29, 0.717) is 11.6 Å². The maximum absolute atomic E-state index is 11.7. The summed E-state index contributed by atoms with van der Waals surface area (Å²) < 4.78 is 0. The zero-order valence-electron chi connectivity index (χ0n) is 10.7. The third-order valence-corrected chi connectivity index (χ3v) is 3.38. The van der Waals surface area contributed by atoms with Gasteiger partial charge in [-0.25, -0.2) is 4.98 Å².